The molecule has 7 atom stereocenters. The zero-order chi connectivity index (χ0) is 58.7. The molecular weight excluding hydrogens is 1010 g/mol. The smallest absolute Gasteiger partial charge is 0.305 e. The number of unbranched alkanes of at least 4 members (excludes halogenated alkanes) is 46. The van der Waals surface area contributed by atoms with E-state index >= 15 is 0 Å². The molecule has 0 aromatic rings. The van der Waals surface area contributed by atoms with Crippen LogP contribution >= 0.6 is 0 Å². The molecule has 0 aromatic carbocycles. The molecule has 0 bridgehead atoms. The summed E-state index contributed by atoms with van der Waals surface area (Å²) in [5.74, 6) is -0.175. The number of rotatable bonds is 62. The van der Waals surface area contributed by atoms with E-state index in [0.29, 0.717) is 19.4 Å². The summed E-state index contributed by atoms with van der Waals surface area (Å²) in [7, 11) is 0. The number of esters is 1. The molecule has 1 rings (SSSR count). The maximum Gasteiger partial charge on any atom is 0.305 e. The van der Waals surface area contributed by atoms with Crippen LogP contribution in [0.1, 0.15) is 348 Å². The minimum absolute atomic E-state index is 0.0126. The van der Waals surface area contributed by atoms with Gasteiger partial charge in [0.05, 0.1) is 32.0 Å². The van der Waals surface area contributed by atoms with Crippen LogP contribution in [0, 0.1) is 0 Å². The van der Waals surface area contributed by atoms with Crippen LogP contribution in [0.25, 0.3) is 0 Å². The Morgan fingerprint density at radius 1 is 0.444 bits per heavy atom. The Morgan fingerprint density at radius 2 is 0.802 bits per heavy atom. The fourth-order valence-corrected chi connectivity index (χ4v) is 11.3. The fourth-order valence-electron chi connectivity index (χ4n) is 11.3. The first kappa shape index (κ1) is 77.2. The van der Waals surface area contributed by atoms with E-state index in [-0.39, 0.29) is 18.5 Å². The van der Waals surface area contributed by atoms with E-state index in [4.69, 9.17) is 14.2 Å². The number of hydrogen-bond acceptors (Lipinski definition) is 10. The van der Waals surface area contributed by atoms with Crippen LogP contribution in [0.5, 0.6) is 0 Å². The molecule has 0 radical (unpaired) electrons. The van der Waals surface area contributed by atoms with Gasteiger partial charge in [0.1, 0.15) is 24.4 Å². The molecule has 1 heterocycles. The van der Waals surface area contributed by atoms with Gasteiger partial charge in [-0.3, -0.25) is 9.59 Å². The standard InChI is InChI=1S/C70H133NO10/c1-3-5-7-9-11-13-36-40-44-48-52-56-63(73)62(61-80-70-69(78)68(77)67(76)64(60-72)81-70)71-65(74)57-53-49-45-41-38-34-32-30-28-26-24-22-20-18-16-15-17-19-21-23-25-27-29-31-33-35-39-43-47-51-55-59-79-66(75)58-54-50-46-42-37-14-12-10-8-6-4-2/h36,40,52,56,62-64,67-70,72-73,76-78H,3-35,37-39,41-51,53-55,57-61H2,1-2H3,(H,71,74)/b40-36+,56-52+. The van der Waals surface area contributed by atoms with Gasteiger partial charge >= 0.3 is 5.97 Å². The quantitative estimate of drug-likeness (QED) is 0.0195. The van der Waals surface area contributed by atoms with E-state index in [1.807, 2.05) is 6.08 Å². The fraction of sp³-hybridized carbons (Fsp3) is 0.914. The monoisotopic (exact) mass is 1150 g/mol. The van der Waals surface area contributed by atoms with E-state index in [0.717, 1.165) is 51.4 Å². The molecule has 0 saturated carbocycles. The van der Waals surface area contributed by atoms with Crippen molar-refractivity contribution >= 4 is 11.9 Å². The lowest BCUT2D eigenvalue weighted by atomic mass is 9.99. The van der Waals surface area contributed by atoms with Crippen molar-refractivity contribution < 1.29 is 49.3 Å². The van der Waals surface area contributed by atoms with Gasteiger partial charge in [0.15, 0.2) is 6.29 Å². The van der Waals surface area contributed by atoms with Crippen molar-refractivity contribution in [1.29, 1.82) is 0 Å². The van der Waals surface area contributed by atoms with Crippen LogP contribution < -0.4 is 5.32 Å². The first-order chi connectivity index (χ1) is 39.7. The zero-order valence-corrected chi connectivity index (χ0v) is 53.0. The van der Waals surface area contributed by atoms with Crippen molar-refractivity contribution in [2.75, 3.05) is 19.8 Å². The zero-order valence-electron chi connectivity index (χ0n) is 53.0. The molecule has 7 unspecified atom stereocenters. The van der Waals surface area contributed by atoms with Crippen molar-refractivity contribution in [3.63, 3.8) is 0 Å². The van der Waals surface area contributed by atoms with Crippen LogP contribution in [0.4, 0.5) is 0 Å². The van der Waals surface area contributed by atoms with Crippen LogP contribution in [0.15, 0.2) is 24.3 Å². The maximum atomic E-state index is 13.0. The molecule has 11 nitrogen and oxygen atoms in total. The van der Waals surface area contributed by atoms with Crippen LogP contribution in [0.3, 0.4) is 0 Å². The summed E-state index contributed by atoms with van der Waals surface area (Å²) < 4.78 is 16.7. The van der Waals surface area contributed by atoms with E-state index in [1.165, 1.54) is 270 Å². The number of ether oxygens (including phenoxy) is 3. The summed E-state index contributed by atoms with van der Waals surface area (Å²) in [6, 6.07) is -0.823. The molecule has 0 aromatic heterocycles. The van der Waals surface area contributed by atoms with Gasteiger partial charge in [0.2, 0.25) is 5.91 Å². The van der Waals surface area contributed by atoms with Crippen molar-refractivity contribution in [2.24, 2.45) is 0 Å². The third-order valence-corrected chi connectivity index (χ3v) is 16.8. The van der Waals surface area contributed by atoms with Gasteiger partial charge in [-0.1, -0.05) is 314 Å². The van der Waals surface area contributed by atoms with E-state index in [9.17, 15) is 35.1 Å². The van der Waals surface area contributed by atoms with Gasteiger partial charge < -0.3 is 45.1 Å². The Bertz CT molecular complexity index is 1390. The lowest BCUT2D eigenvalue weighted by Gasteiger charge is -2.40. The second-order valence-corrected chi connectivity index (χ2v) is 24.6. The Kier molecular flexibility index (Phi) is 57.0. The molecule has 1 fully saturated rings. The third kappa shape index (κ3) is 49.0. The van der Waals surface area contributed by atoms with Gasteiger partial charge in [-0.05, 0) is 44.9 Å². The average Bonchev–Trinajstić information content (AvgIpc) is 3.47. The summed E-state index contributed by atoms with van der Waals surface area (Å²) in [6.45, 7) is 4.34. The average molecular weight is 1150 g/mol. The van der Waals surface area contributed by atoms with Crippen molar-refractivity contribution in [3.05, 3.63) is 24.3 Å². The molecule has 1 aliphatic heterocycles. The maximum absolute atomic E-state index is 13.0. The molecule has 6 N–H and O–H groups in total. The third-order valence-electron chi connectivity index (χ3n) is 16.8. The number of hydrogen-bond donors (Lipinski definition) is 6. The lowest BCUT2D eigenvalue weighted by molar-refractivity contribution is -0.302. The van der Waals surface area contributed by atoms with E-state index < -0.39 is 49.5 Å². The van der Waals surface area contributed by atoms with Crippen LogP contribution in [-0.4, -0.2) is 100 Å². The van der Waals surface area contributed by atoms with Gasteiger partial charge in [0, 0.05) is 12.8 Å². The predicted molar refractivity (Wildman–Crippen MR) is 338 cm³/mol. The van der Waals surface area contributed by atoms with Crippen LogP contribution in [-0.2, 0) is 23.8 Å². The van der Waals surface area contributed by atoms with Crippen LogP contribution in [0.2, 0.25) is 0 Å². The Labute approximate surface area is 499 Å². The molecule has 1 amide bonds. The second-order valence-electron chi connectivity index (χ2n) is 24.6. The highest BCUT2D eigenvalue weighted by atomic mass is 16.7. The number of aliphatic hydroxyl groups is 5. The summed E-state index contributed by atoms with van der Waals surface area (Å²) >= 11 is 0. The first-order valence-corrected chi connectivity index (χ1v) is 35.1. The highest BCUT2D eigenvalue weighted by Crippen LogP contribution is 2.23. The predicted octanol–water partition coefficient (Wildman–Crippen LogP) is 17.6. The second kappa shape index (κ2) is 59.9. The minimum atomic E-state index is -1.57. The van der Waals surface area contributed by atoms with Crippen molar-refractivity contribution in [1.82, 2.24) is 5.32 Å². The summed E-state index contributed by atoms with van der Waals surface area (Å²) in [5.41, 5.74) is 0. The highest BCUT2D eigenvalue weighted by molar-refractivity contribution is 5.76. The molecule has 0 aliphatic carbocycles. The molecule has 1 saturated heterocycles. The van der Waals surface area contributed by atoms with Crippen molar-refractivity contribution in [3.8, 4) is 0 Å². The van der Waals surface area contributed by atoms with Gasteiger partial charge in [-0.25, -0.2) is 0 Å². The lowest BCUT2D eigenvalue weighted by Crippen LogP contribution is -2.60. The Balaban J connectivity index is 1.93. The number of amides is 1. The van der Waals surface area contributed by atoms with E-state index in [2.05, 4.69) is 31.3 Å². The number of carbonyl (C=O) groups excluding carboxylic acids is 2. The number of allylic oxidation sites excluding steroid dienone is 3. The normalized spacial score (nSPS) is 18.3. The minimum Gasteiger partial charge on any atom is -0.466 e. The summed E-state index contributed by atoms with van der Waals surface area (Å²) in [5, 5.41) is 54.4. The molecule has 81 heavy (non-hydrogen) atoms. The number of carbonyl (C=O) groups is 2. The van der Waals surface area contributed by atoms with Gasteiger partial charge in [-0.2, -0.15) is 0 Å². The van der Waals surface area contributed by atoms with E-state index in [1.54, 1.807) is 6.08 Å². The molecule has 478 valence electrons. The molecule has 11 heteroatoms. The first-order valence-electron chi connectivity index (χ1n) is 35.1. The highest BCUT2D eigenvalue weighted by Gasteiger charge is 2.44. The molecular formula is C70H133NO10. The van der Waals surface area contributed by atoms with Gasteiger partial charge in [-0.15, -0.1) is 0 Å². The molecule has 1 aliphatic rings. The van der Waals surface area contributed by atoms with Crippen molar-refractivity contribution in [2.45, 2.75) is 391 Å². The summed E-state index contributed by atoms with van der Waals surface area (Å²) in [6.07, 6.45) is 64.7. The SMILES string of the molecule is CCCCCCC/C=C/CC/C=C/C(O)C(COC1OC(CO)C(O)C(O)C1O)NC(=O)CCCCCCCCCCCCCCCCCCCCCCCCCCCCCCCCCOC(=O)CCCCCCCCCCCCC. The summed E-state index contributed by atoms with van der Waals surface area (Å²) in [4.78, 5) is 25.1. The number of nitrogens with one attached hydrogen (secondary N) is 1. The number of aliphatic hydroxyl groups excluding tert-OH is 5. The topological polar surface area (TPSA) is 175 Å². The largest absolute Gasteiger partial charge is 0.466 e. The van der Waals surface area contributed by atoms with Gasteiger partial charge in [0.25, 0.3) is 0 Å². The Hall–Kier alpha value is -1.86. The molecule has 0 spiro atoms. The Morgan fingerprint density at radius 3 is 1.22 bits per heavy atom.